The molecule has 0 aliphatic heterocycles. The zero-order valence-electron chi connectivity index (χ0n) is 6.33. The molecule has 0 amide bonds. The van der Waals surface area contributed by atoms with Crippen LogP contribution in [0.25, 0.3) is 11.1 Å². The number of rotatable bonds is 1. The Morgan fingerprint density at radius 1 is 1.08 bits per heavy atom. The molecule has 2 rings (SSSR count). The molecule has 1 aromatic heterocycles. The third kappa shape index (κ3) is 1.23. The van der Waals surface area contributed by atoms with E-state index in [0.29, 0.717) is 0 Å². The van der Waals surface area contributed by atoms with Crippen LogP contribution >= 0.6 is 0 Å². The lowest BCUT2D eigenvalue weighted by Crippen LogP contribution is -1.75. The summed E-state index contributed by atoms with van der Waals surface area (Å²) in [5.41, 5.74) is 1.73. The Hall–Kier alpha value is -1.57. The van der Waals surface area contributed by atoms with Gasteiger partial charge >= 0.3 is 0 Å². The molecule has 60 valence electrons. The predicted molar refractivity (Wildman–Crippen MR) is 44.1 cm³/mol. The molecule has 0 N–H and O–H groups in total. The lowest BCUT2D eigenvalue weighted by atomic mass is 10.1. The second-order valence-corrected chi connectivity index (χ2v) is 2.52. The van der Waals surface area contributed by atoms with Crippen molar-refractivity contribution in [2.24, 2.45) is 0 Å². The van der Waals surface area contributed by atoms with Crippen molar-refractivity contribution in [2.45, 2.75) is 0 Å². The highest BCUT2D eigenvalue weighted by atomic mass is 19.1. The van der Waals surface area contributed by atoms with Gasteiger partial charge in [0.2, 0.25) is 0 Å². The van der Waals surface area contributed by atoms with Crippen molar-refractivity contribution in [1.82, 2.24) is 0 Å². The van der Waals surface area contributed by atoms with E-state index in [1.54, 1.807) is 24.7 Å². The van der Waals surface area contributed by atoms with Crippen molar-refractivity contribution in [2.75, 3.05) is 0 Å². The van der Waals surface area contributed by atoms with E-state index in [1.165, 1.54) is 12.1 Å². The first-order valence-corrected chi connectivity index (χ1v) is 3.64. The summed E-state index contributed by atoms with van der Waals surface area (Å²) in [6.07, 6.45) is 3.16. The van der Waals surface area contributed by atoms with Crippen molar-refractivity contribution >= 4 is 0 Å². The molecule has 0 fully saturated rings. The molecule has 0 atom stereocenters. The second-order valence-electron chi connectivity index (χ2n) is 2.52. The maximum atomic E-state index is 12.7. The lowest BCUT2D eigenvalue weighted by Gasteiger charge is -1.94. The van der Waals surface area contributed by atoms with E-state index in [0.717, 1.165) is 11.1 Å². The van der Waals surface area contributed by atoms with E-state index in [9.17, 15) is 4.39 Å². The summed E-state index contributed by atoms with van der Waals surface area (Å²) in [5, 5.41) is 0. The standard InChI is InChI=1S/C10H7FO/c11-10-3-1-2-8(6-10)9-4-5-12-7-9/h1-7H. The zero-order valence-corrected chi connectivity index (χ0v) is 6.33. The van der Waals surface area contributed by atoms with Crippen molar-refractivity contribution in [3.05, 3.63) is 48.7 Å². The van der Waals surface area contributed by atoms with Gasteiger partial charge in [0.15, 0.2) is 0 Å². The summed E-state index contributed by atoms with van der Waals surface area (Å²) in [7, 11) is 0. The Morgan fingerprint density at radius 2 is 2.00 bits per heavy atom. The minimum absolute atomic E-state index is 0.228. The van der Waals surface area contributed by atoms with E-state index < -0.39 is 0 Å². The molecule has 0 radical (unpaired) electrons. The van der Waals surface area contributed by atoms with Gasteiger partial charge in [0, 0.05) is 5.56 Å². The normalized spacial score (nSPS) is 10.1. The second kappa shape index (κ2) is 2.81. The van der Waals surface area contributed by atoms with E-state index in [-0.39, 0.29) is 5.82 Å². The molecule has 12 heavy (non-hydrogen) atoms. The molecule has 0 aliphatic carbocycles. The minimum Gasteiger partial charge on any atom is -0.472 e. The maximum Gasteiger partial charge on any atom is 0.123 e. The van der Waals surface area contributed by atoms with Crippen LogP contribution in [-0.4, -0.2) is 0 Å². The fraction of sp³-hybridized carbons (Fsp3) is 0. The molecule has 0 bridgehead atoms. The third-order valence-corrected chi connectivity index (χ3v) is 1.68. The number of furan rings is 1. The Balaban J connectivity index is 2.48. The van der Waals surface area contributed by atoms with Gasteiger partial charge in [-0.1, -0.05) is 12.1 Å². The third-order valence-electron chi connectivity index (χ3n) is 1.68. The van der Waals surface area contributed by atoms with Crippen LogP contribution in [0.4, 0.5) is 4.39 Å². The Morgan fingerprint density at radius 3 is 2.67 bits per heavy atom. The fourth-order valence-corrected chi connectivity index (χ4v) is 1.10. The highest BCUT2D eigenvalue weighted by Crippen LogP contribution is 2.19. The van der Waals surface area contributed by atoms with E-state index in [1.807, 2.05) is 6.07 Å². The van der Waals surface area contributed by atoms with Crippen LogP contribution in [0.15, 0.2) is 47.3 Å². The Bertz CT molecular complexity index is 365. The Kier molecular flexibility index (Phi) is 1.67. The Labute approximate surface area is 69.4 Å². The average Bonchev–Trinajstić information content (AvgIpc) is 2.56. The first-order valence-electron chi connectivity index (χ1n) is 3.64. The van der Waals surface area contributed by atoms with Gasteiger partial charge in [-0.2, -0.15) is 0 Å². The van der Waals surface area contributed by atoms with Crippen LogP contribution in [0.1, 0.15) is 0 Å². The van der Waals surface area contributed by atoms with Crippen LogP contribution in [0.5, 0.6) is 0 Å². The van der Waals surface area contributed by atoms with Gasteiger partial charge in [-0.25, -0.2) is 4.39 Å². The molecule has 1 heterocycles. The van der Waals surface area contributed by atoms with Gasteiger partial charge in [-0.15, -0.1) is 0 Å². The fourth-order valence-electron chi connectivity index (χ4n) is 1.10. The SMILES string of the molecule is Fc1cccc(-c2ccoc2)c1. The van der Waals surface area contributed by atoms with Gasteiger partial charge in [0.1, 0.15) is 5.82 Å². The summed E-state index contributed by atoms with van der Waals surface area (Å²) in [6.45, 7) is 0. The summed E-state index contributed by atoms with van der Waals surface area (Å²) < 4.78 is 17.6. The monoisotopic (exact) mass is 162 g/mol. The van der Waals surface area contributed by atoms with E-state index >= 15 is 0 Å². The topological polar surface area (TPSA) is 13.1 Å². The van der Waals surface area contributed by atoms with Gasteiger partial charge < -0.3 is 4.42 Å². The zero-order chi connectivity index (χ0) is 8.39. The summed E-state index contributed by atoms with van der Waals surface area (Å²) in [5.74, 6) is -0.228. The molecule has 2 heteroatoms. The maximum absolute atomic E-state index is 12.7. The molecule has 0 spiro atoms. The lowest BCUT2D eigenvalue weighted by molar-refractivity contribution is 0.568. The molecule has 0 saturated heterocycles. The molecule has 1 nitrogen and oxygen atoms in total. The quantitative estimate of drug-likeness (QED) is 0.628. The highest BCUT2D eigenvalue weighted by molar-refractivity contribution is 5.61. The van der Waals surface area contributed by atoms with Gasteiger partial charge in [0.25, 0.3) is 0 Å². The van der Waals surface area contributed by atoms with Crippen LogP contribution in [0.2, 0.25) is 0 Å². The van der Waals surface area contributed by atoms with E-state index in [4.69, 9.17) is 4.42 Å². The van der Waals surface area contributed by atoms with Crippen molar-refractivity contribution < 1.29 is 8.81 Å². The average molecular weight is 162 g/mol. The molecule has 2 aromatic rings. The van der Waals surface area contributed by atoms with Gasteiger partial charge in [0.05, 0.1) is 12.5 Å². The van der Waals surface area contributed by atoms with Crippen molar-refractivity contribution in [3.8, 4) is 11.1 Å². The first kappa shape index (κ1) is 7.10. The van der Waals surface area contributed by atoms with Crippen molar-refractivity contribution in [1.29, 1.82) is 0 Å². The van der Waals surface area contributed by atoms with Gasteiger partial charge in [-0.3, -0.25) is 0 Å². The molecule has 0 unspecified atom stereocenters. The number of hydrogen-bond acceptors (Lipinski definition) is 1. The molecule has 0 aliphatic rings. The highest BCUT2D eigenvalue weighted by Gasteiger charge is 1.98. The molecule has 0 saturated carbocycles. The van der Waals surface area contributed by atoms with Crippen LogP contribution in [0, 0.1) is 5.82 Å². The van der Waals surface area contributed by atoms with E-state index in [2.05, 4.69) is 0 Å². The van der Waals surface area contributed by atoms with Crippen LogP contribution < -0.4 is 0 Å². The van der Waals surface area contributed by atoms with Gasteiger partial charge in [-0.05, 0) is 23.8 Å². The summed E-state index contributed by atoms with van der Waals surface area (Å²) >= 11 is 0. The number of halogens is 1. The largest absolute Gasteiger partial charge is 0.472 e. The molecule has 1 aromatic carbocycles. The van der Waals surface area contributed by atoms with Crippen LogP contribution in [0.3, 0.4) is 0 Å². The summed E-state index contributed by atoms with van der Waals surface area (Å²) in [4.78, 5) is 0. The smallest absolute Gasteiger partial charge is 0.123 e. The first-order chi connectivity index (χ1) is 5.86. The summed E-state index contributed by atoms with van der Waals surface area (Å²) in [6, 6.07) is 8.22. The minimum atomic E-state index is -0.228. The number of hydrogen-bond donors (Lipinski definition) is 0. The number of benzene rings is 1. The predicted octanol–water partition coefficient (Wildman–Crippen LogP) is 3.09. The van der Waals surface area contributed by atoms with Crippen molar-refractivity contribution in [3.63, 3.8) is 0 Å². The van der Waals surface area contributed by atoms with Crippen LogP contribution in [-0.2, 0) is 0 Å². The molecular formula is C10H7FO. The molecular weight excluding hydrogens is 155 g/mol.